The Balaban J connectivity index is 1.23. The number of nitrogens with zero attached hydrogens (tertiary/aromatic N) is 2. The lowest BCUT2D eigenvalue weighted by molar-refractivity contribution is -0.137. The van der Waals surface area contributed by atoms with Crippen LogP contribution in [-0.4, -0.2) is 31.2 Å². The van der Waals surface area contributed by atoms with E-state index >= 15 is 0 Å². The molecule has 1 saturated heterocycles. The number of hydrogen-bond donors (Lipinski definition) is 2. The molecule has 1 aliphatic heterocycles. The fraction of sp³-hybridized carbons (Fsp3) is 0.469. The van der Waals surface area contributed by atoms with Gasteiger partial charge in [0, 0.05) is 37.6 Å². The monoisotopic (exact) mass is 536 g/mol. The van der Waals surface area contributed by atoms with E-state index in [-0.39, 0.29) is 0 Å². The van der Waals surface area contributed by atoms with Crippen LogP contribution in [0.15, 0.2) is 66.9 Å². The molecule has 39 heavy (non-hydrogen) atoms. The van der Waals surface area contributed by atoms with Gasteiger partial charge in [-0.2, -0.15) is 13.2 Å². The van der Waals surface area contributed by atoms with Crippen LogP contribution in [0.25, 0.3) is 11.1 Å². The van der Waals surface area contributed by atoms with Crippen molar-refractivity contribution in [3.63, 3.8) is 0 Å². The number of benzene rings is 2. The van der Waals surface area contributed by atoms with Gasteiger partial charge in [0.05, 0.1) is 5.56 Å². The number of anilines is 2. The highest BCUT2D eigenvalue weighted by atomic mass is 19.4. The quantitative estimate of drug-likeness (QED) is 0.309. The highest BCUT2D eigenvalue weighted by Crippen LogP contribution is 2.36. The van der Waals surface area contributed by atoms with Crippen molar-refractivity contribution in [1.82, 2.24) is 10.3 Å². The third-order valence-corrected chi connectivity index (χ3v) is 8.36. The molecule has 2 aliphatic rings. The summed E-state index contributed by atoms with van der Waals surface area (Å²) in [5.41, 5.74) is 3.92. The predicted octanol–water partition coefficient (Wildman–Crippen LogP) is 7.76. The van der Waals surface area contributed by atoms with Gasteiger partial charge in [0.1, 0.15) is 5.82 Å². The second-order valence-electron chi connectivity index (χ2n) is 11.2. The fourth-order valence-electron chi connectivity index (χ4n) is 6.41. The molecule has 7 heteroatoms. The summed E-state index contributed by atoms with van der Waals surface area (Å²) in [6.07, 6.45) is 5.82. The van der Waals surface area contributed by atoms with E-state index in [2.05, 4.69) is 56.9 Å². The Kier molecular flexibility index (Phi) is 8.75. The van der Waals surface area contributed by atoms with Gasteiger partial charge in [0.25, 0.3) is 0 Å². The molecule has 4 nitrogen and oxygen atoms in total. The summed E-state index contributed by atoms with van der Waals surface area (Å²) in [6, 6.07) is 18.9. The normalized spacial score (nSPS) is 22.1. The van der Waals surface area contributed by atoms with E-state index in [0.29, 0.717) is 17.9 Å². The molecular formula is C32H39F3N4. The zero-order chi connectivity index (χ0) is 27.2. The van der Waals surface area contributed by atoms with Crippen LogP contribution in [0, 0.1) is 11.8 Å². The summed E-state index contributed by atoms with van der Waals surface area (Å²) < 4.78 is 39.0. The minimum absolute atomic E-state index is 0.388. The molecule has 5 rings (SSSR count). The smallest absolute Gasteiger partial charge is 0.371 e. The first kappa shape index (κ1) is 27.5. The Morgan fingerprint density at radius 3 is 2.51 bits per heavy atom. The average molecular weight is 537 g/mol. The molecule has 1 aromatic heterocycles. The van der Waals surface area contributed by atoms with Gasteiger partial charge in [0.15, 0.2) is 0 Å². The first-order valence-electron chi connectivity index (χ1n) is 14.3. The van der Waals surface area contributed by atoms with Crippen LogP contribution in [0.1, 0.15) is 56.1 Å². The highest BCUT2D eigenvalue weighted by Gasteiger charge is 2.32. The lowest BCUT2D eigenvalue weighted by Gasteiger charge is -2.39. The van der Waals surface area contributed by atoms with E-state index in [1.54, 1.807) is 12.1 Å². The van der Waals surface area contributed by atoms with E-state index in [9.17, 15) is 13.2 Å². The Labute approximate surface area is 230 Å². The van der Waals surface area contributed by atoms with Gasteiger partial charge >= 0.3 is 6.18 Å². The van der Waals surface area contributed by atoms with Crippen LogP contribution in [0.4, 0.5) is 24.7 Å². The third kappa shape index (κ3) is 7.13. The minimum Gasteiger partial charge on any atom is -0.371 e. The molecule has 0 unspecified atom stereocenters. The van der Waals surface area contributed by atoms with Gasteiger partial charge in [-0.15, -0.1) is 0 Å². The van der Waals surface area contributed by atoms with Gasteiger partial charge < -0.3 is 15.5 Å². The number of pyridine rings is 1. The Morgan fingerprint density at radius 1 is 0.923 bits per heavy atom. The molecule has 0 spiro atoms. The highest BCUT2D eigenvalue weighted by molar-refractivity contribution is 5.67. The largest absolute Gasteiger partial charge is 0.416 e. The van der Waals surface area contributed by atoms with Crippen molar-refractivity contribution in [2.24, 2.45) is 11.8 Å². The van der Waals surface area contributed by atoms with Crippen molar-refractivity contribution in [2.45, 2.75) is 63.7 Å². The molecule has 0 radical (unpaired) electrons. The van der Waals surface area contributed by atoms with Crippen LogP contribution in [-0.2, 0) is 12.7 Å². The molecule has 3 atom stereocenters. The van der Waals surface area contributed by atoms with Crippen LogP contribution in [0.5, 0.6) is 0 Å². The molecule has 0 amide bonds. The molecule has 2 aromatic carbocycles. The van der Waals surface area contributed by atoms with Crippen LogP contribution < -0.4 is 15.5 Å². The Bertz CT molecular complexity index is 1210. The maximum Gasteiger partial charge on any atom is 0.416 e. The molecular weight excluding hydrogens is 497 g/mol. The number of halogens is 3. The third-order valence-electron chi connectivity index (χ3n) is 8.36. The van der Waals surface area contributed by atoms with Crippen molar-refractivity contribution in [2.75, 3.05) is 30.4 Å². The van der Waals surface area contributed by atoms with E-state index in [1.807, 2.05) is 13.2 Å². The molecule has 3 aromatic rings. The first-order valence-corrected chi connectivity index (χ1v) is 14.3. The Hall–Kier alpha value is -3.06. The molecule has 208 valence electrons. The van der Waals surface area contributed by atoms with Gasteiger partial charge in [-0.25, -0.2) is 4.98 Å². The van der Waals surface area contributed by atoms with Gasteiger partial charge in [-0.1, -0.05) is 31.0 Å². The van der Waals surface area contributed by atoms with Crippen molar-refractivity contribution in [3.8, 4) is 11.1 Å². The topological polar surface area (TPSA) is 40.2 Å². The zero-order valence-electron chi connectivity index (χ0n) is 22.7. The predicted molar refractivity (Wildman–Crippen MR) is 153 cm³/mol. The average Bonchev–Trinajstić information content (AvgIpc) is 2.94. The van der Waals surface area contributed by atoms with E-state index in [4.69, 9.17) is 0 Å². The van der Waals surface area contributed by atoms with Crippen LogP contribution >= 0.6 is 0 Å². The lowest BCUT2D eigenvalue weighted by Crippen LogP contribution is -2.39. The number of alkyl halides is 3. The zero-order valence-corrected chi connectivity index (χ0v) is 22.7. The number of hydrogen-bond acceptors (Lipinski definition) is 4. The van der Waals surface area contributed by atoms with Crippen molar-refractivity contribution >= 4 is 11.5 Å². The van der Waals surface area contributed by atoms with Crippen LogP contribution in [0.3, 0.4) is 0 Å². The van der Waals surface area contributed by atoms with Gasteiger partial charge in [-0.3, -0.25) is 0 Å². The minimum atomic E-state index is -4.29. The summed E-state index contributed by atoms with van der Waals surface area (Å²) >= 11 is 0. The number of nitrogens with one attached hydrogen (secondary N) is 2. The first-order chi connectivity index (χ1) is 18.9. The Morgan fingerprint density at radius 2 is 1.72 bits per heavy atom. The summed E-state index contributed by atoms with van der Waals surface area (Å²) in [7, 11) is 1.96. The maximum atomic E-state index is 13.0. The number of aromatic nitrogens is 1. The molecule has 0 bridgehead atoms. The lowest BCUT2D eigenvalue weighted by atomic mass is 9.77. The van der Waals surface area contributed by atoms with Crippen LogP contribution in [0.2, 0.25) is 0 Å². The molecule has 2 fully saturated rings. The number of piperidine rings is 1. The van der Waals surface area contributed by atoms with E-state index in [1.165, 1.54) is 48.9 Å². The van der Waals surface area contributed by atoms with Crippen molar-refractivity contribution < 1.29 is 13.2 Å². The van der Waals surface area contributed by atoms with E-state index < -0.39 is 11.7 Å². The second kappa shape index (κ2) is 12.4. The second-order valence-corrected chi connectivity index (χ2v) is 11.2. The molecule has 1 saturated carbocycles. The molecule has 2 heterocycles. The maximum absolute atomic E-state index is 13.0. The number of rotatable bonds is 8. The van der Waals surface area contributed by atoms with Gasteiger partial charge in [-0.05, 0) is 110 Å². The molecule has 2 N–H and O–H groups in total. The summed E-state index contributed by atoms with van der Waals surface area (Å²) in [4.78, 5) is 6.93. The summed E-state index contributed by atoms with van der Waals surface area (Å²) in [5.74, 6) is 2.04. The summed E-state index contributed by atoms with van der Waals surface area (Å²) in [6.45, 7) is 2.65. The van der Waals surface area contributed by atoms with Crippen molar-refractivity contribution in [3.05, 3.63) is 78.0 Å². The SMILES string of the molecule is CNCc1cccc(-c2ccnc(N[C@@H]3CCCC[C@H]3C[C@H]3CCCN(c4ccc(C(F)(F)F)cc4)C3)c2)c1. The standard InChI is InChI=1S/C32H39F3N4/c1-36-21-23-6-4-9-25(18-23)26-15-16-37-31(20-26)38-30-10-3-2-8-27(30)19-24-7-5-17-39(22-24)29-13-11-28(12-14-29)32(33,34)35/h4,6,9,11-16,18,20,24,27,30,36H,2-3,5,7-8,10,17,19,21-22H2,1H3,(H,37,38)/t24-,27+,30-/m1/s1. The van der Waals surface area contributed by atoms with Crippen molar-refractivity contribution in [1.29, 1.82) is 0 Å². The fourth-order valence-corrected chi connectivity index (χ4v) is 6.41. The summed E-state index contributed by atoms with van der Waals surface area (Å²) in [5, 5.41) is 7.01. The van der Waals surface area contributed by atoms with E-state index in [0.717, 1.165) is 56.0 Å². The van der Waals surface area contributed by atoms with Gasteiger partial charge in [0.2, 0.25) is 0 Å². The molecule has 1 aliphatic carbocycles.